The second-order valence-corrected chi connectivity index (χ2v) is 7.15. The summed E-state index contributed by atoms with van der Waals surface area (Å²) < 4.78 is 0. The smallest absolute Gasteiger partial charge is 0.222 e. The summed E-state index contributed by atoms with van der Waals surface area (Å²) in [6.07, 6.45) is 8.47. The summed E-state index contributed by atoms with van der Waals surface area (Å²) in [7, 11) is 1.91. The van der Waals surface area contributed by atoms with Crippen LogP contribution < -0.4 is 5.32 Å². The van der Waals surface area contributed by atoms with E-state index in [0.717, 1.165) is 57.4 Å². The van der Waals surface area contributed by atoms with Crippen molar-refractivity contribution in [3.05, 3.63) is 18.0 Å². The van der Waals surface area contributed by atoms with Crippen molar-refractivity contribution in [1.82, 2.24) is 25.3 Å². The van der Waals surface area contributed by atoms with Crippen molar-refractivity contribution < 1.29 is 9.59 Å². The standard InChI is InChI=1S/C18H29N5O2.ClH/c1-19-8-10-23-16-7-9-22(13-15(16)5-6-18(23)25)17(24)4-2-3-14-11-20-21-12-14;/h11-12,15-16,19H,2-10,13H2,1H3,(H,20,21);1H/t15-,16+;/m0./s1. The van der Waals surface area contributed by atoms with E-state index in [4.69, 9.17) is 0 Å². The number of amides is 2. The van der Waals surface area contributed by atoms with Crippen molar-refractivity contribution in [2.75, 3.05) is 33.2 Å². The molecule has 0 aliphatic carbocycles. The van der Waals surface area contributed by atoms with E-state index in [1.54, 1.807) is 0 Å². The first-order valence-corrected chi connectivity index (χ1v) is 9.38. The van der Waals surface area contributed by atoms with Gasteiger partial charge in [0.05, 0.1) is 6.20 Å². The number of halogens is 1. The van der Waals surface area contributed by atoms with E-state index in [2.05, 4.69) is 15.5 Å². The average Bonchev–Trinajstić information content (AvgIpc) is 3.14. The van der Waals surface area contributed by atoms with Crippen LogP contribution in [0.1, 0.15) is 37.7 Å². The highest BCUT2D eigenvalue weighted by Crippen LogP contribution is 2.31. The summed E-state index contributed by atoms with van der Waals surface area (Å²) in [5.74, 6) is 0.957. The van der Waals surface area contributed by atoms with Gasteiger partial charge in [-0.3, -0.25) is 14.7 Å². The van der Waals surface area contributed by atoms with Gasteiger partial charge in [0.1, 0.15) is 0 Å². The molecule has 26 heavy (non-hydrogen) atoms. The fourth-order valence-electron chi connectivity index (χ4n) is 4.12. The predicted octanol–water partition coefficient (Wildman–Crippen LogP) is 1.21. The van der Waals surface area contributed by atoms with Crippen LogP contribution in [0.5, 0.6) is 0 Å². The van der Waals surface area contributed by atoms with Crippen LogP contribution in [0.2, 0.25) is 0 Å². The third-order valence-electron chi connectivity index (χ3n) is 5.51. The number of hydrogen-bond donors (Lipinski definition) is 2. The maximum Gasteiger partial charge on any atom is 0.222 e. The zero-order valence-electron chi connectivity index (χ0n) is 15.4. The molecule has 0 saturated carbocycles. The van der Waals surface area contributed by atoms with Gasteiger partial charge in [-0.15, -0.1) is 12.4 Å². The second-order valence-electron chi connectivity index (χ2n) is 7.15. The highest BCUT2D eigenvalue weighted by Gasteiger charge is 2.39. The van der Waals surface area contributed by atoms with Crippen LogP contribution in [0.15, 0.2) is 12.4 Å². The monoisotopic (exact) mass is 383 g/mol. The molecule has 2 amide bonds. The molecule has 2 saturated heterocycles. The van der Waals surface area contributed by atoms with Gasteiger partial charge in [0.15, 0.2) is 0 Å². The molecule has 1 aromatic rings. The maximum absolute atomic E-state index is 12.5. The van der Waals surface area contributed by atoms with Gasteiger partial charge in [0, 0.05) is 51.3 Å². The zero-order valence-corrected chi connectivity index (χ0v) is 16.3. The number of likely N-dealkylation sites (tertiary alicyclic amines) is 2. The third kappa shape index (κ3) is 4.98. The number of rotatable bonds is 7. The van der Waals surface area contributed by atoms with Gasteiger partial charge < -0.3 is 15.1 Å². The van der Waals surface area contributed by atoms with Crippen molar-refractivity contribution in [3.63, 3.8) is 0 Å². The van der Waals surface area contributed by atoms with Crippen molar-refractivity contribution in [1.29, 1.82) is 0 Å². The second kappa shape index (κ2) is 9.92. The molecule has 0 radical (unpaired) electrons. The predicted molar refractivity (Wildman–Crippen MR) is 102 cm³/mol. The van der Waals surface area contributed by atoms with Gasteiger partial charge in [0.25, 0.3) is 0 Å². The average molecular weight is 384 g/mol. The number of piperidine rings is 2. The van der Waals surface area contributed by atoms with Gasteiger partial charge in [0.2, 0.25) is 11.8 Å². The number of aromatic amines is 1. The van der Waals surface area contributed by atoms with Gasteiger partial charge in [-0.05, 0) is 44.2 Å². The van der Waals surface area contributed by atoms with Crippen LogP contribution in [0.4, 0.5) is 0 Å². The number of carbonyl (C=O) groups excluding carboxylic acids is 2. The summed E-state index contributed by atoms with van der Waals surface area (Å²) in [4.78, 5) is 28.8. The maximum atomic E-state index is 12.5. The molecular weight excluding hydrogens is 354 g/mol. The van der Waals surface area contributed by atoms with E-state index in [9.17, 15) is 9.59 Å². The molecule has 2 atom stereocenters. The molecule has 7 nitrogen and oxygen atoms in total. The molecular formula is C18H30ClN5O2. The molecule has 0 bridgehead atoms. The Balaban J connectivity index is 0.00000243. The lowest BCUT2D eigenvalue weighted by Crippen LogP contribution is -2.57. The topological polar surface area (TPSA) is 81.3 Å². The van der Waals surface area contributed by atoms with Crippen molar-refractivity contribution in [3.8, 4) is 0 Å². The number of aryl methyl sites for hydroxylation is 1. The third-order valence-corrected chi connectivity index (χ3v) is 5.51. The van der Waals surface area contributed by atoms with Gasteiger partial charge in [-0.2, -0.15) is 5.10 Å². The first-order chi connectivity index (χ1) is 12.2. The summed E-state index contributed by atoms with van der Waals surface area (Å²) in [6.45, 7) is 3.17. The number of nitrogens with one attached hydrogen (secondary N) is 2. The molecule has 0 unspecified atom stereocenters. The Kier molecular flexibility index (Phi) is 7.90. The van der Waals surface area contributed by atoms with Crippen LogP contribution in [0, 0.1) is 5.92 Å². The summed E-state index contributed by atoms with van der Waals surface area (Å²) in [5, 5.41) is 9.86. The Morgan fingerprint density at radius 2 is 2.27 bits per heavy atom. The lowest BCUT2D eigenvalue weighted by atomic mass is 9.83. The first kappa shape index (κ1) is 20.7. The molecule has 1 aromatic heterocycles. The Morgan fingerprint density at radius 3 is 3.00 bits per heavy atom. The minimum absolute atomic E-state index is 0. The van der Waals surface area contributed by atoms with Crippen LogP contribution in [0.3, 0.4) is 0 Å². The lowest BCUT2D eigenvalue weighted by molar-refractivity contribution is -0.144. The van der Waals surface area contributed by atoms with Gasteiger partial charge in [-0.1, -0.05) is 0 Å². The number of likely N-dealkylation sites (N-methyl/N-ethyl adjacent to an activating group) is 1. The van der Waals surface area contributed by atoms with Crippen LogP contribution in [-0.4, -0.2) is 71.1 Å². The molecule has 2 fully saturated rings. The fraction of sp³-hybridized carbons (Fsp3) is 0.722. The quantitative estimate of drug-likeness (QED) is 0.741. The number of carbonyl (C=O) groups is 2. The number of aromatic nitrogens is 2. The number of fused-ring (bicyclic) bond motifs is 1. The number of nitrogens with zero attached hydrogens (tertiary/aromatic N) is 3. The Hall–Kier alpha value is -1.60. The number of H-pyrrole nitrogens is 1. The van der Waals surface area contributed by atoms with E-state index < -0.39 is 0 Å². The highest BCUT2D eigenvalue weighted by atomic mass is 35.5. The van der Waals surface area contributed by atoms with Crippen LogP contribution in [-0.2, 0) is 16.0 Å². The molecule has 3 heterocycles. The SMILES string of the molecule is CNCCN1C(=O)CC[C@H]2CN(C(=O)CCCc3cn[nH]c3)CC[C@H]21.Cl. The Labute approximate surface area is 161 Å². The minimum Gasteiger partial charge on any atom is -0.342 e. The summed E-state index contributed by atoms with van der Waals surface area (Å²) >= 11 is 0. The van der Waals surface area contributed by atoms with E-state index in [1.807, 2.05) is 29.2 Å². The van der Waals surface area contributed by atoms with Crippen molar-refractivity contribution in [2.24, 2.45) is 5.92 Å². The van der Waals surface area contributed by atoms with Crippen molar-refractivity contribution in [2.45, 2.75) is 44.6 Å². The normalized spacial score (nSPS) is 22.7. The Morgan fingerprint density at radius 1 is 1.42 bits per heavy atom. The molecule has 2 aliphatic rings. The van der Waals surface area contributed by atoms with Crippen molar-refractivity contribution >= 4 is 24.2 Å². The first-order valence-electron chi connectivity index (χ1n) is 9.38. The van der Waals surface area contributed by atoms with Crippen LogP contribution in [0.25, 0.3) is 0 Å². The number of hydrogen-bond acceptors (Lipinski definition) is 4. The Bertz CT molecular complexity index is 580. The van der Waals surface area contributed by atoms with E-state index in [1.165, 1.54) is 0 Å². The van der Waals surface area contributed by atoms with E-state index in [-0.39, 0.29) is 24.2 Å². The molecule has 146 valence electrons. The molecule has 2 aliphatic heterocycles. The molecule has 8 heteroatoms. The van der Waals surface area contributed by atoms with Gasteiger partial charge in [-0.25, -0.2) is 0 Å². The summed E-state index contributed by atoms with van der Waals surface area (Å²) in [6, 6.07) is 0.310. The van der Waals surface area contributed by atoms with E-state index in [0.29, 0.717) is 24.8 Å². The van der Waals surface area contributed by atoms with Gasteiger partial charge >= 0.3 is 0 Å². The lowest BCUT2D eigenvalue weighted by Gasteiger charge is -2.47. The molecule has 3 rings (SSSR count). The molecule has 0 aromatic carbocycles. The van der Waals surface area contributed by atoms with E-state index >= 15 is 0 Å². The van der Waals surface area contributed by atoms with Crippen LogP contribution >= 0.6 is 12.4 Å². The fourth-order valence-corrected chi connectivity index (χ4v) is 4.12. The molecule has 2 N–H and O–H groups in total. The minimum atomic E-state index is 0. The highest BCUT2D eigenvalue weighted by molar-refractivity contribution is 5.85. The molecule has 0 spiro atoms. The zero-order chi connectivity index (χ0) is 17.6. The summed E-state index contributed by atoms with van der Waals surface area (Å²) in [5.41, 5.74) is 1.15. The largest absolute Gasteiger partial charge is 0.342 e.